The van der Waals surface area contributed by atoms with Crippen molar-refractivity contribution in [3.63, 3.8) is 0 Å². The van der Waals surface area contributed by atoms with Crippen molar-refractivity contribution in [1.29, 1.82) is 0 Å². The summed E-state index contributed by atoms with van der Waals surface area (Å²) in [5, 5.41) is 0. The average molecular weight is 217 g/mol. The Hall–Kier alpha value is 0.210. The van der Waals surface area contributed by atoms with Gasteiger partial charge in [0.15, 0.2) is 0 Å². The SMILES string of the molecule is ClCCCN1CCN(CC2CC2)CC1. The van der Waals surface area contributed by atoms with Crippen LogP contribution in [0.2, 0.25) is 0 Å². The Morgan fingerprint density at radius 2 is 1.64 bits per heavy atom. The molecule has 0 aromatic heterocycles. The van der Waals surface area contributed by atoms with Crippen LogP contribution < -0.4 is 0 Å². The maximum atomic E-state index is 5.69. The normalized spacial score (nSPS) is 25.5. The van der Waals surface area contributed by atoms with Crippen LogP contribution in [-0.2, 0) is 0 Å². The van der Waals surface area contributed by atoms with E-state index in [1.54, 1.807) is 0 Å². The van der Waals surface area contributed by atoms with Gasteiger partial charge in [-0.2, -0.15) is 0 Å². The lowest BCUT2D eigenvalue weighted by molar-refractivity contribution is 0.129. The summed E-state index contributed by atoms with van der Waals surface area (Å²) in [7, 11) is 0. The summed E-state index contributed by atoms with van der Waals surface area (Å²) in [6, 6.07) is 0. The highest BCUT2D eigenvalue weighted by Gasteiger charge is 2.25. The molecule has 0 atom stereocenters. The van der Waals surface area contributed by atoms with E-state index < -0.39 is 0 Å². The highest BCUT2D eigenvalue weighted by Crippen LogP contribution is 2.29. The molecular formula is C11H21ClN2. The monoisotopic (exact) mass is 216 g/mol. The molecule has 0 bridgehead atoms. The molecule has 1 aliphatic carbocycles. The predicted octanol–water partition coefficient (Wildman–Crippen LogP) is 1.64. The molecule has 1 saturated heterocycles. The van der Waals surface area contributed by atoms with Crippen LogP contribution in [-0.4, -0.2) is 54.9 Å². The minimum absolute atomic E-state index is 0.808. The van der Waals surface area contributed by atoms with Gasteiger partial charge in [0.05, 0.1) is 0 Å². The summed E-state index contributed by atoms with van der Waals surface area (Å²) in [5.41, 5.74) is 0. The Labute approximate surface area is 92.2 Å². The molecular weight excluding hydrogens is 196 g/mol. The molecule has 0 radical (unpaired) electrons. The van der Waals surface area contributed by atoms with Crippen molar-refractivity contribution in [3.8, 4) is 0 Å². The van der Waals surface area contributed by atoms with E-state index >= 15 is 0 Å². The standard InChI is InChI=1S/C11H21ClN2/c12-4-1-5-13-6-8-14(9-7-13)10-11-2-3-11/h11H,1-10H2. The average Bonchev–Trinajstić information content (AvgIpc) is 3.01. The summed E-state index contributed by atoms with van der Waals surface area (Å²) >= 11 is 5.69. The summed E-state index contributed by atoms with van der Waals surface area (Å²) < 4.78 is 0. The highest BCUT2D eigenvalue weighted by atomic mass is 35.5. The van der Waals surface area contributed by atoms with Gasteiger partial charge in [-0.05, 0) is 31.7 Å². The van der Waals surface area contributed by atoms with Gasteiger partial charge in [0.1, 0.15) is 0 Å². The molecule has 1 aliphatic heterocycles. The van der Waals surface area contributed by atoms with Crippen molar-refractivity contribution < 1.29 is 0 Å². The first-order valence-electron chi connectivity index (χ1n) is 5.89. The zero-order chi connectivity index (χ0) is 9.80. The van der Waals surface area contributed by atoms with Gasteiger partial charge in [-0.25, -0.2) is 0 Å². The van der Waals surface area contributed by atoms with Crippen molar-refractivity contribution in [2.24, 2.45) is 5.92 Å². The quantitative estimate of drug-likeness (QED) is 0.645. The van der Waals surface area contributed by atoms with Crippen molar-refractivity contribution in [2.45, 2.75) is 19.3 Å². The van der Waals surface area contributed by atoms with Gasteiger partial charge in [-0.1, -0.05) is 0 Å². The Morgan fingerprint density at radius 1 is 1.00 bits per heavy atom. The van der Waals surface area contributed by atoms with Gasteiger partial charge in [-0.15, -0.1) is 11.6 Å². The zero-order valence-electron chi connectivity index (χ0n) is 8.92. The third kappa shape index (κ3) is 3.41. The van der Waals surface area contributed by atoms with E-state index in [9.17, 15) is 0 Å². The fourth-order valence-electron chi connectivity index (χ4n) is 2.14. The van der Waals surface area contributed by atoms with E-state index in [-0.39, 0.29) is 0 Å². The van der Waals surface area contributed by atoms with E-state index in [0.717, 1.165) is 18.2 Å². The lowest BCUT2D eigenvalue weighted by atomic mass is 10.2. The number of piperazine rings is 1. The van der Waals surface area contributed by atoms with Crippen LogP contribution in [0.1, 0.15) is 19.3 Å². The van der Waals surface area contributed by atoms with Crippen LogP contribution in [0.3, 0.4) is 0 Å². The molecule has 0 aromatic carbocycles. The number of alkyl halides is 1. The van der Waals surface area contributed by atoms with Crippen LogP contribution in [0, 0.1) is 5.92 Å². The van der Waals surface area contributed by atoms with E-state index in [0.29, 0.717) is 0 Å². The third-order valence-electron chi connectivity index (χ3n) is 3.29. The zero-order valence-corrected chi connectivity index (χ0v) is 9.68. The van der Waals surface area contributed by atoms with Crippen LogP contribution in [0.25, 0.3) is 0 Å². The summed E-state index contributed by atoms with van der Waals surface area (Å²) in [5.74, 6) is 1.85. The minimum atomic E-state index is 0.808. The van der Waals surface area contributed by atoms with Gasteiger partial charge >= 0.3 is 0 Å². The Morgan fingerprint density at radius 3 is 2.21 bits per heavy atom. The van der Waals surface area contributed by atoms with Gasteiger partial charge in [0.25, 0.3) is 0 Å². The maximum absolute atomic E-state index is 5.69. The number of rotatable bonds is 5. The molecule has 0 amide bonds. The lowest BCUT2D eigenvalue weighted by Crippen LogP contribution is -2.47. The highest BCUT2D eigenvalue weighted by molar-refractivity contribution is 6.17. The first kappa shape index (κ1) is 10.7. The molecule has 1 saturated carbocycles. The second-order valence-corrected chi connectivity index (χ2v) is 5.01. The van der Waals surface area contributed by atoms with Gasteiger partial charge < -0.3 is 9.80 Å². The van der Waals surface area contributed by atoms with Gasteiger partial charge in [0, 0.05) is 38.6 Å². The van der Waals surface area contributed by atoms with E-state index in [1.165, 1.54) is 52.1 Å². The van der Waals surface area contributed by atoms with Crippen molar-refractivity contribution >= 4 is 11.6 Å². The smallest absolute Gasteiger partial charge is 0.0235 e. The van der Waals surface area contributed by atoms with E-state index in [1.807, 2.05) is 0 Å². The Bertz CT molecular complexity index is 163. The molecule has 14 heavy (non-hydrogen) atoms. The molecule has 2 fully saturated rings. The maximum Gasteiger partial charge on any atom is 0.0235 e. The Kier molecular flexibility index (Phi) is 4.09. The van der Waals surface area contributed by atoms with E-state index in [4.69, 9.17) is 11.6 Å². The topological polar surface area (TPSA) is 6.48 Å². The molecule has 2 nitrogen and oxygen atoms in total. The number of hydrogen-bond donors (Lipinski definition) is 0. The van der Waals surface area contributed by atoms with Gasteiger partial charge in [-0.3, -0.25) is 0 Å². The van der Waals surface area contributed by atoms with Crippen molar-refractivity contribution in [1.82, 2.24) is 9.80 Å². The molecule has 2 rings (SSSR count). The second kappa shape index (κ2) is 5.34. The van der Waals surface area contributed by atoms with Crippen molar-refractivity contribution in [3.05, 3.63) is 0 Å². The predicted molar refractivity (Wildman–Crippen MR) is 60.9 cm³/mol. The third-order valence-corrected chi connectivity index (χ3v) is 3.55. The first-order valence-corrected chi connectivity index (χ1v) is 6.42. The molecule has 2 aliphatic rings. The van der Waals surface area contributed by atoms with Crippen LogP contribution >= 0.6 is 11.6 Å². The molecule has 0 spiro atoms. The molecule has 0 N–H and O–H groups in total. The fraction of sp³-hybridized carbons (Fsp3) is 1.00. The lowest BCUT2D eigenvalue weighted by Gasteiger charge is -2.34. The number of halogens is 1. The molecule has 3 heteroatoms. The number of hydrogen-bond acceptors (Lipinski definition) is 2. The fourth-order valence-corrected chi connectivity index (χ4v) is 2.26. The second-order valence-electron chi connectivity index (χ2n) is 4.63. The summed E-state index contributed by atoms with van der Waals surface area (Å²) in [6.45, 7) is 7.62. The largest absolute Gasteiger partial charge is 0.301 e. The summed E-state index contributed by atoms with van der Waals surface area (Å²) in [4.78, 5) is 5.18. The van der Waals surface area contributed by atoms with E-state index in [2.05, 4.69) is 9.80 Å². The number of nitrogens with zero attached hydrogens (tertiary/aromatic N) is 2. The van der Waals surface area contributed by atoms with Crippen LogP contribution in [0.4, 0.5) is 0 Å². The van der Waals surface area contributed by atoms with Gasteiger partial charge in [0.2, 0.25) is 0 Å². The molecule has 0 unspecified atom stereocenters. The molecule has 0 aromatic rings. The minimum Gasteiger partial charge on any atom is -0.301 e. The van der Waals surface area contributed by atoms with Crippen LogP contribution in [0.5, 0.6) is 0 Å². The van der Waals surface area contributed by atoms with Crippen molar-refractivity contribution in [2.75, 3.05) is 45.1 Å². The first-order chi connectivity index (χ1) is 6.88. The molecule has 1 heterocycles. The summed E-state index contributed by atoms with van der Waals surface area (Å²) in [6.07, 6.45) is 4.10. The molecule has 82 valence electrons. The van der Waals surface area contributed by atoms with Crippen LogP contribution in [0.15, 0.2) is 0 Å². The Balaban J connectivity index is 1.59.